The molecule has 76 valence electrons. The maximum Gasteiger partial charge on any atom is 0.0434 e. The third-order valence-corrected chi connectivity index (χ3v) is 2.22. The van der Waals surface area contributed by atoms with E-state index in [0.29, 0.717) is 12.5 Å². The lowest BCUT2D eigenvalue weighted by Crippen LogP contribution is -2.24. The molecule has 0 saturated heterocycles. The summed E-state index contributed by atoms with van der Waals surface area (Å²) in [6, 6.07) is 0. The molecule has 0 aromatic heterocycles. The van der Waals surface area contributed by atoms with Crippen LogP contribution < -0.4 is 5.32 Å². The van der Waals surface area contributed by atoms with Gasteiger partial charge in [-0.3, -0.25) is 0 Å². The topological polar surface area (TPSA) is 32.3 Å². The van der Waals surface area contributed by atoms with E-state index in [1.54, 1.807) is 0 Å². The van der Waals surface area contributed by atoms with Crippen molar-refractivity contribution in [2.45, 2.75) is 32.6 Å². The van der Waals surface area contributed by atoms with Gasteiger partial charge in [-0.1, -0.05) is 13.3 Å². The first kappa shape index (κ1) is 12.5. The van der Waals surface area contributed by atoms with Crippen molar-refractivity contribution >= 4 is 0 Å². The van der Waals surface area contributed by atoms with E-state index in [1.165, 1.54) is 0 Å². The predicted molar refractivity (Wildman–Crippen MR) is 56.4 cm³/mol. The van der Waals surface area contributed by atoms with Crippen LogP contribution in [0.3, 0.4) is 0 Å². The van der Waals surface area contributed by atoms with E-state index in [2.05, 4.69) is 18.2 Å². The quantitative estimate of drug-likeness (QED) is 0.440. The number of aliphatic hydroxyl groups is 1. The molecular weight excluding hydrogens is 162 g/mol. The molecular formula is C11H21NO. The van der Waals surface area contributed by atoms with E-state index in [9.17, 15) is 0 Å². The second-order valence-corrected chi connectivity index (χ2v) is 3.30. The normalized spacial score (nSPS) is 12.4. The Bertz CT molecular complexity index is 140. The molecule has 0 heterocycles. The van der Waals surface area contributed by atoms with Crippen LogP contribution in [0.15, 0.2) is 0 Å². The Morgan fingerprint density at radius 2 is 2.31 bits per heavy atom. The highest BCUT2D eigenvalue weighted by molar-refractivity contribution is 4.83. The Hall–Kier alpha value is -0.520. The molecule has 0 bridgehead atoms. The summed E-state index contributed by atoms with van der Waals surface area (Å²) >= 11 is 0. The highest BCUT2D eigenvalue weighted by Gasteiger charge is 2.03. The van der Waals surface area contributed by atoms with E-state index in [0.717, 1.165) is 38.8 Å². The summed E-state index contributed by atoms with van der Waals surface area (Å²) in [6.45, 7) is 4.45. The van der Waals surface area contributed by atoms with E-state index in [1.807, 2.05) is 0 Å². The van der Waals surface area contributed by atoms with Crippen LogP contribution in [0.4, 0.5) is 0 Å². The summed E-state index contributed by atoms with van der Waals surface area (Å²) in [5.74, 6) is 3.22. The highest BCUT2D eigenvalue weighted by Crippen LogP contribution is 2.05. The van der Waals surface area contributed by atoms with Crippen LogP contribution in [0.1, 0.15) is 32.6 Å². The predicted octanol–water partition coefficient (Wildman–Crippen LogP) is 1.40. The van der Waals surface area contributed by atoms with Crippen molar-refractivity contribution in [3.05, 3.63) is 0 Å². The maximum atomic E-state index is 8.75. The standard InChI is InChI=1S/C11H21NO/c1-3-5-6-8-12-10-11(4-2)7-9-13/h1,11-13H,4-10H2,2H3. The van der Waals surface area contributed by atoms with Gasteiger partial charge < -0.3 is 10.4 Å². The first-order valence-electron chi connectivity index (χ1n) is 5.10. The SMILES string of the molecule is C#CCCCNCC(CC)CCO. The third-order valence-electron chi connectivity index (χ3n) is 2.22. The van der Waals surface area contributed by atoms with E-state index in [4.69, 9.17) is 11.5 Å². The summed E-state index contributed by atoms with van der Waals surface area (Å²) in [5.41, 5.74) is 0. The molecule has 2 nitrogen and oxygen atoms in total. The van der Waals surface area contributed by atoms with Crippen molar-refractivity contribution in [1.82, 2.24) is 5.32 Å². The van der Waals surface area contributed by atoms with Crippen LogP contribution in [-0.4, -0.2) is 24.8 Å². The Morgan fingerprint density at radius 3 is 2.85 bits per heavy atom. The van der Waals surface area contributed by atoms with Crippen LogP contribution in [0, 0.1) is 18.3 Å². The largest absolute Gasteiger partial charge is 0.396 e. The number of unbranched alkanes of at least 4 members (excludes halogenated alkanes) is 1. The summed E-state index contributed by atoms with van der Waals surface area (Å²) in [5, 5.41) is 12.1. The highest BCUT2D eigenvalue weighted by atomic mass is 16.3. The molecule has 0 aromatic carbocycles. The zero-order valence-corrected chi connectivity index (χ0v) is 8.55. The first-order chi connectivity index (χ1) is 6.35. The number of hydrogen-bond acceptors (Lipinski definition) is 2. The molecule has 2 N–H and O–H groups in total. The molecule has 0 saturated carbocycles. The molecule has 0 rings (SSSR count). The first-order valence-corrected chi connectivity index (χ1v) is 5.10. The van der Waals surface area contributed by atoms with Gasteiger partial charge in [0.05, 0.1) is 0 Å². The fraction of sp³-hybridized carbons (Fsp3) is 0.818. The van der Waals surface area contributed by atoms with Gasteiger partial charge in [-0.05, 0) is 31.8 Å². The monoisotopic (exact) mass is 183 g/mol. The van der Waals surface area contributed by atoms with Crippen molar-refractivity contribution in [3.63, 3.8) is 0 Å². The van der Waals surface area contributed by atoms with Gasteiger partial charge in [0.25, 0.3) is 0 Å². The number of hydrogen-bond donors (Lipinski definition) is 2. The summed E-state index contributed by atoms with van der Waals surface area (Å²) in [7, 11) is 0. The number of aliphatic hydroxyl groups excluding tert-OH is 1. The van der Waals surface area contributed by atoms with Crippen LogP contribution in [0.2, 0.25) is 0 Å². The van der Waals surface area contributed by atoms with Gasteiger partial charge in [0.1, 0.15) is 0 Å². The zero-order chi connectivity index (χ0) is 9.94. The van der Waals surface area contributed by atoms with Gasteiger partial charge in [-0.2, -0.15) is 0 Å². The molecule has 0 radical (unpaired) electrons. The van der Waals surface area contributed by atoms with Crippen LogP contribution in [0.5, 0.6) is 0 Å². The fourth-order valence-corrected chi connectivity index (χ4v) is 1.25. The molecule has 0 amide bonds. The summed E-state index contributed by atoms with van der Waals surface area (Å²) < 4.78 is 0. The minimum Gasteiger partial charge on any atom is -0.396 e. The Balaban J connectivity index is 3.23. The lowest BCUT2D eigenvalue weighted by molar-refractivity contribution is 0.251. The van der Waals surface area contributed by atoms with Gasteiger partial charge in [0, 0.05) is 13.0 Å². The minimum absolute atomic E-state index is 0.296. The van der Waals surface area contributed by atoms with Gasteiger partial charge in [0.2, 0.25) is 0 Å². The average molecular weight is 183 g/mol. The molecule has 0 aliphatic carbocycles. The fourth-order valence-electron chi connectivity index (χ4n) is 1.25. The minimum atomic E-state index is 0.296. The van der Waals surface area contributed by atoms with Crippen molar-refractivity contribution in [1.29, 1.82) is 0 Å². The van der Waals surface area contributed by atoms with Gasteiger partial charge in [0.15, 0.2) is 0 Å². The third kappa shape index (κ3) is 7.83. The second-order valence-electron chi connectivity index (χ2n) is 3.30. The zero-order valence-electron chi connectivity index (χ0n) is 8.55. The van der Waals surface area contributed by atoms with Crippen LogP contribution in [0.25, 0.3) is 0 Å². The molecule has 0 fully saturated rings. The molecule has 1 unspecified atom stereocenters. The van der Waals surface area contributed by atoms with E-state index >= 15 is 0 Å². The van der Waals surface area contributed by atoms with Crippen LogP contribution >= 0.6 is 0 Å². The summed E-state index contributed by atoms with van der Waals surface area (Å²) in [4.78, 5) is 0. The lowest BCUT2D eigenvalue weighted by atomic mass is 10.0. The molecule has 1 atom stereocenters. The van der Waals surface area contributed by atoms with Crippen molar-refractivity contribution < 1.29 is 5.11 Å². The molecule has 0 aliphatic heterocycles. The molecule has 0 aromatic rings. The van der Waals surface area contributed by atoms with Crippen molar-refractivity contribution in [2.75, 3.05) is 19.7 Å². The van der Waals surface area contributed by atoms with Crippen molar-refractivity contribution in [2.24, 2.45) is 5.92 Å². The number of nitrogens with one attached hydrogen (secondary N) is 1. The molecule has 2 heteroatoms. The number of rotatable bonds is 8. The Morgan fingerprint density at radius 1 is 1.54 bits per heavy atom. The molecule has 0 spiro atoms. The van der Waals surface area contributed by atoms with Gasteiger partial charge >= 0.3 is 0 Å². The van der Waals surface area contributed by atoms with Crippen molar-refractivity contribution in [3.8, 4) is 12.3 Å². The average Bonchev–Trinajstić information content (AvgIpc) is 2.16. The summed E-state index contributed by atoms with van der Waals surface area (Å²) in [6.07, 6.45) is 9.06. The lowest BCUT2D eigenvalue weighted by Gasteiger charge is -2.13. The van der Waals surface area contributed by atoms with E-state index in [-0.39, 0.29) is 0 Å². The van der Waals surface area contributed by atoms with Gasteiger partial charge in [-0.25, -0.2) is 0 Å². The Labute approximate surface area is 81.7 Å². The maximum absolute atomic E-state index is 8.75. The van der Waals surface area contributed by atoms with Gasteiger partial charge in [-0.15, -0.1) is 12.3 Å². The van der Waals surface area contributed by atoms with Crippen LogP contribution in [-0.2, 0) is 0 Å². The molecule has 13 heavy (non-hydrogen) atoms. The Kier molecular flexibility index (Phi) is 9.18. The molecule has 0 aliphatic rings. The smallest absolute Gasteiger partial charge is 0.0434 e. The number of terminal acetylenes is 1. The second kappa shape index (κ2) is 9.57. The van der Waals surface area contributed by atoms with E-state index < -0.39 is 0 Å².